The van der Waals surface area contributed by atoms with Gasteiger partial charge in [-0.2, -0.15) is 4.98 Å². The Kier molecular flexibility index (Phi) is 5.00. The number of amides is 1. The van der Waals surface area contributed by atoms with E-state index in [1.807, 2.05) is 32.0 Å². The lowest BCUT2D eigenvalue weighted by Gasteiger charge is -2.33. The van der Waals surface area contributed by atoms with Crippen molar-refractivity contribution in [3.05, 3.63) is 52.4 Å². The number of hydrogen-bond acceptors (Lipinski definition) is 4. The van der Waals surface area contributed by atoms with Gasteiger partial charge < -0.3 is 9.64 Å². The maximum Gasteiger partial charge on any atom is 0.255 e. The molecule has 1 aliphatic heterocycles. The van der Waals surface area contributed by atoms with Crippen molar-refractivity contribution in [2.24, 2.45) is 0 Å². The second-order valence-electron chi connectivity index (χ2n) is 6.01. The molecule has 24 heavy (non-hydrogen) atoms. The number of benzene rings is 1. The number of aryl methyl sites for hydroxylation is 2. The predicted molar refractivity (Wildman–Crippen MR) is 92.5 cm³/mol. The average Bonchev–Trinajstić information content (AvgIpc) is 2.54. The molecule has 1 saturated heterocycles. The molecule has 1 aliphatic rings. The summed E-state index contributed by atoms with van der Waals surface area (Å²) < 4.78 is 5.99. The third kappa shape index (κ3) is 3.85. The van der Waals surface area contributed by atoms with Gasteiger partial charge in [0, 0.05) is 18.3 Å². The molecule has 3 rings (SSSR count). The zero-order valence-corrected chi connectivity index (χ0v) is 14.6. The molecule has 1 aromatic heterocycles. The number of aromatic nitrogens is 2. The van der Waals surface area contributed by atoms with E-state index in [9.17, 15) is 4.79 Å². The molecule has 1 amide bonds. The van der Waals surface area contributed by atoms with Crippen molar-refractivity contribution in [2.45, 2.75) is 32.8 Å². The summed E-state index contributed by atoms with van der Waals surface area (Å²) in [4.78, 5) is 23.1. The van der Waals surface area contributed by atoms with Gasteiger partial charge in [-0.25, -0.2) is 4.98 Å². The lowest BCUT2D eigenvalue weighted by molar-refractivity contribution is 0.0527. The highest BCUT2D eigenvalue weighted by molar-refractivity contribution is 6.33. The molecule has 2 heterocycles. The van der Waals surface area contributed by atoms with Gasteiger partial charge in [0.15, 0.2) is 0 Å². The Morgan fingerprint density at radius 3 is 2.83 bits per heavy atom. The standard InChI is InChI=1S/C18H20ClN3O2/c1-12-10-17(21-13(2)20-12)24-14-6-5-9-22(11-14)18(23)15-7-3-4-8-16(15)19/h3-4,7-8,10,14H,5-6,9,11H2,1-2H3. The molecular weight excluding hydrogens is 326 g/mol. The number of rotatable bonds is 3. The summed E-state index contributed by atoms with van der Waals surface area (Å²) in [6.45, 7) is 5.00. The van der Waals surface area contributed by atoms with E-state index in [-0.39, 0.29) is 12.0 Å². The number of carbonyl (C=O) groups excluding carboxylic acids is 1. The van der Waals surface area contributed by atoms with Gasteiger partial charge >= 0.3 is 0 Å². The summed E-state index contributed by atoms with van der Waals surface area (Å²) in [5, 5.41) is 0.479. The van der Waals surface area contributed by atoms with Crippen molar-refractivity contribution in [1.82, 2.24) is 14.9 Å². The second kappa shape index (κ2) is 7.18. The van der Waals surface area contributed by atoms with Crippen LogP contribution in [0.2, 0.25) is 5.02 Å². The number of nitrogens with zero attached hydrogens (tertiary/aromatic N) is 3. The van der Waals surface area contributed by atoms with Gasteiger partial charge in [-0.15, -0.1) is 0 Å². The zero-order valence-electron chi connectivity index (χ0n) is 13.8. The van der Waals surface area contributed by atoms with Crippen molar-refractivity contribution < 1.29 is 9.53 Å². The third-order valence-electron chi connectivity index (χ3n) is 4.00. The van der Waals surface area contributed by atoms with Gasteiger partial charge in [0.25, 0.3) is 5.91 Å². The van der Waals surface area contributed by atoms with Crippen molar-refractivity contribution in [3.8, 4) is 5.88 Å². The molecule has 2 aromatic rings. The smallest absolute Gasteiger partial charge is 0.255 e. The summed E-state index contributed by atoms with van der Waals surface area (Å²) in [6, 6.07) is 8.96. The molecule has 0 aliphatic carbocycles. The molecule has 126 valence electrons. The fourth-order valence-corrected chi connectivity index (χ4v) is 3.15. The van der Waals surface area contributed by atoms with Crippen molar-refractivity contribution in [2.75, 3.05) is 13.1 Å². The first-order valence-electron chi connectivity index (χ1n) is 8.05. The van der Waals surface area contributed by atoms with Crippen LogP contribution in [0.4, 0.5) is 0 Å². The van der Waals surface area contributed by atoms with E-state index < -0.39 is 0 Å². The number of halogens is 1. The predicted octanol–water partition coefficient (Wildman–Crippen LogP) is 3.43. The normalized spacial score (nSPS) is 17.6. The fourth-order valence-electron chi connectivity index (χ4n) is 2.94. The fraction of sp³-hybridized carbons (Fsp3) is 0.389. The third-order valence-corrected chi connectivity index (χ3v) is 4.33. The van der Waals surface area contributed by atoms with Crippen molar-refractivity contribution >= 4 is 17.5 Å². The first-order chi connectivity index (χ1) is 11.5. The van der Waals surface area contributed by atoms with E-state index in [4.69, 9.17) is 16.3 Å². The number of ether oxygens (including phenoxy) is 1. The minimum atomic E-state index is -0.0705. The Morgan fingerprint density at radius 2 is 2.08 bits per heavy atom. The van der Waals surface area contributed by atoms with Gasteiger partial charge in [0.05, 0.1) is 17.1 Å². The van der Waals surface area contributed by atoms with Gasteiger partial charge in [-0.3, -0.25) is 4.79 Å². The van der Waals surface area contributed by atoms with Crippen LogP contribution in [0.3, 0.4) is 0 Å². The van der Waals surface area contributed by atoms with Crippen LogP contribution in [0.5, 0.6) is 5.88 Å². The number of hydrogen-bond donors (Lipinski definition) is 0. The SMILES string of the molecule is Cc1cc(OC2CCCN(C(=O)c3ccccc3Cl)C2)nc(C)n1. The van der Waals surface area contributed by atoms with E-state index in [1.165, 1.54) is 0 Å². The second-order valence-corrected chi connectivity index (χ2v) is 6.42. The highest BCUT2D eigenvalue weighted by atomic mass is 35.5. The maximum absolute atomic E-state index is 12.7. The minimum absolute atomic E-state index is 0.0519. The highest BCUT2D eigenvalue weighted by Gasteiger charge is 2.27. The molecule has 1 atom stereocenters. The van der Waals surface area contributed by atoms with Crippen LogP contribution < -0.4 is 4.74 Å². The first kappa shape index (κ1) is 16.7. The monoisotopic (exact) mass is 345 g/mol. The van der Waals surface area contributed by atoms with Crippen LogP contribution >= 0.6 is 11.6 Å². The Morgan fingerprint density at radius 1 is 1.29 bits per heavy atom. The van der Waals surface area contributed by atoms with E-state index in [0.717, 1.165) is 18.5 Å². The summed E-state index contributed by atoms with van der Waals surface area (Å²) in [7, 11) is 0. The maximum atomic E-state index is 12.7. The number of carbonyl (C=O) groups is 1. The lowest BCUT2D eigenvalue weighted by atomic mass is 10.1. The van der Waals surface area contributed by atoms with Gasteiger partial charge in [0.2, 0.25) is 5.88 Å². The van der Waals surface area contributed by atoms with Crippen LogP contribution in [-0.4, -0.2) is 40.0 Å². The highest BCUT2D eigenvalue weighted by Crippen LogP contribution is 2.22. The van der Waals surface area contributed by atoms with Crippen molar-refractivity contribution in [3.63, 3.8) is 0 Å². The summed E-state index contributed by atoms with van der Waals surface area (Å²) in [5.41, 5.74) is 1.41. The van der Waals surface area contributed by atoms with Crippen LogP contribution in [0.1, 0.15) is 34.7 Å². The van der Waals surface area contributed by atoms with Crippen molar-refractivity contribution in [1.29, 1.82) is 0 Å². The molecule has 0 spiro atoms. The zero-order chi connectivity index (χ0) is 17.1. The van der Waals surface area contributed by atoms with Gasteiger partial charge in [-0.05, 0) is 38.8 Å². The minimum Gasteiger partial charge on any atom is -0.472 e. The molecule has 5 nitrogen and oxygen atoms in total. The van der Waals surface area contributed by atoms with Crippen LogP contribution in [0, 0.1) is 13.8 Å². The number of likely N-dealkylation sites (tertiary alicyclic amines) is 1. The molecule has 0 bridgehead atoms. The molecule has 1 fully saturated rings. The molecule has 0 saturated carbocycles. The summed E-state index contributed by atoms with van der Waals surface area (Å²) in [5.74, 6) is 1.20. The number of piperidine rings is 1. The van der Waals surface area contributed by atoms with E-state index >= 15 is 0 Å². The van der Waals surface area contributed by atoms with Gasteiger partial charge in [-0.1, -0.05) is 23.7 Å². The van der Waals surface area contributed by atoms with Gasteiger partial charge in [0.1, 0.15) is 11.9 Å². The largest absolute Gasteiger partial charge is 0.472 e. The lowest BCUT2D eigenvalue weighted by Crippen LogP contribution is -2.44. The summed E-state index contributed by atoms with van der Waals surface area (Å²) >= 11 is 6.14. The Balaban J connectivity index is 1.70. The van der Waals surface area contributed by atoms with Crippen LogP contribution in [0.15, 0.2) is 30.3 Å². The van der Waals surface area contributed by atoms with E-state index in [1.54, 1.807) is 17.0 Å². The average molecular weight is 346 g/mol. The molecule has 1 unspecified atom stereocenters. The van der Waals surface area contributed by atoms with Crippen LogP contribution in [-0.2, 0) is 0 Å². The van der Waals surface area contributed by atoms with Crippen LogP contribution in [0.25, 0.3) is 0 Å². The topological polar surface area (TPSA) is 55.3 Å². The quantitative estimate of drug-likeness (QED) is 0.855. The Hall–Kier alpha value is -2.14. The molecule has 1 aromatic carbocycles. The molecular formula is C18H20ClN3O2. The molecule has 0 N–H and O–H groups in total. The van der Waals surface area contributed by atoms with E-state index in [0.29, 0.717) is 35.4 Å². The Labute approximate surface area is 146 Å². The van der Waals surface area contributed by atoms with E-state index in [2.05, 4.69) is 9.97 Å². The summed E-state index contributed by atoms with van der Waals surface area (Å²) in [6.07, 6.45) is 1.72. The Bertz CT molecular complexity index is 731. The first-order valence-corrected chi connectivity index (χ1v) is 8.43. The molecule has 0 radical (unpaired) electrons. The molecule has 6 heteroatoms.